The number of amides is 1. The van der Waals surface area contributed by atoms with Crippen LogP contribution < -0.4 is 5.73 Å². The highest BCUT2D eigenvalue weighted by Crippen LogP contribution is 2.34. The van der Waals surface area contributed by atoms with Gasteiger partial charge in [-0.3, -0.25) is 9.78 Å². The van der Waals surface area contributed by atoms with Gasteiger partial charge in [0.25, 0.3) is 0 Å². The largest absolute Gasteiger partial charge is 0.366 e. The summed E-state index contributed by atoms with van der Waals surface area (Å²) >= 11 is 0. The summed E-state index contributed by atoms with van der Waals surface area (Å²) in [6.45, 7) is 5.06. The van der Waals surface area contributed by atoms with E-state index in [4.69, 9.17) is 5.73 Å². The lowest BCUT2D eigenvalue weighted by Crippen LogP contribution is -2.11. The first-order valence-corrected chi connectivity index (χ1v) is 8.80. The highest BCUT2D eigenvalue weighted by molar-refractivity contribution is 6.18. The molecule has 4 rings (SSSR count). The zero-order chi connectivity index (χ0) is 18.3. The number of rotatable bonds is 4. The quantitative estimate of drug-likeness (QED) is 0.595. The number of fused-ring (bicyclic) bond motifs is 3. The third kappa shape index (κ3) is 2.64. The fraction of sp³-hybridized carbons (Fsp3) is 0.182. The molecule has 26 heavy (non-hydrogen) atoms. The van der Waals surface area contributed by atoms with Crippen molar-refractivity contribution in [2.24, 2.45) is 5.73 Å². The summed E-state index contributed by atoms with van der Waals surface area (Å²) in [4.78, 5) is 16.2. The number of carbonyl (C=O) groups excluding carboxylic acids is 1. The number of benzene rings is 2. The zero-order valence-corrected chi connectivity index (χ0v) is 14.9. The van der Waals surface area contributed by atoms with E-state index >= 15 is 0 Å². The van der Waals surface area contributed by atoms with E-state index in [0.29, 0.717) is 18.0 Å². The highest BCUT2D eigenvalue weighted by Gasteiger charge is 2.17. The second-order valence-electron chi connectivity index (χ2n) is 6.94. The predicted molar refractivity (Wildman–Crippen MR) is 105 cm³/mol. The van der Waals surface area contributed by atoms with Gasteiger partial charge in [0.1, 0.15) is 0 Å². The molecule has 2 heterocycles. The fourth-order valence-electron chi connectivity index (χ4n) is 3.57. The number of nitrogens with two attached hydrogens (primary N) is 1. The Morgan fingerprint density at radius 1 is 1.12 bits per heavy atom. The highest BCUT2D eigenvalue weighted by atomic mass is 16.1. The van der Waals surface area contributed by atoms with E-state index in [1.165, 1.54) is 5.56 Å². The molecule has 2 aromatic carbocycles. The minimum atomic E-state index is -0.399. The van der Waals surface area contributed by atoms with Crippen molar-refractivity contribution < 1.29 is 4.79 Å². The van der Waals surface area contributed by atoms with E-state index < -0.39 is 5.91 Å². The summed E-state index contributed by atoms with van der Waals surface area (Å²) in [7, 11) is 0. The lowest BCUT2D eigenvalue weighted by Gasteiger charge is -2.10. The topological polar surface area (TPSA) is 60.9 Å². The van der Waals surface area contributed by atoms with E-state index in [2.05, 4.69) is 47.7 Å². The van der Waals surface area contributed by atoms with Gasteiger partial charge in [-0.2, -0.15) is 0 Å². The molecule has 0 bridgehead atoms. The van der Waals surface area contributed by atoms with Crippen LogP contribution in [-0.2, 0) is 6.54 Å². The molecule has 4 nitrogen and oxygen atoms in total. The predicted octanol–water partition coefficient (Wildman–Crippen LogP) is 4.46. The molecular formula is C22H21N3O. The van der Waals surface area contributed by atoms with Gasteiger partial charge in [0, 0.05) is 40.8 Å². The summed E-state index contributed by atoms with van der Waals surface area (Å²) in [6.07, 6.45) is 3.65. The molecule has 2 N–H and O–H groups in total. The van der Waals surface area contributed by atoms with Crippen LogP contribution in [0.25, 0.3) is 21.8 Å². The molecule has 0 atom stereocenters. The lowest BCUT2D eigenvalue weighted by atomic mass is 10.00. The second kappa shape index (κ2) is 6.30. The van der Waals surface area contributed by atoms with Crippen molar-refractivity contribution in [3.63, 3.8) is 0 Å². The third-order valence-electron chi connectivity index (χ3n) is 4.91. The van der Waals surface area contributed by atoms with Crippen LogP contribution in [-0.4, -0.2) is 15.5 Å². The van der Waals surface area contributed by atoms with Crippen LogP contribution in [0.2, 0.25) is 0 Å². The summed E-state index contributed by atoms with van der Waals surface area (Å²) in [6, 6.07) is 16.2. The first-order chi connectivity index (χ1) is 12.6. The van der Waals surface area contributed by atoms with Crippen molar-refractivity contribution in [3.8, 4) is 0 Å². The summed E-state index contributed by atoms with van der Waals surface area (Å²) < 4.78 is 2.25. The van der Waals surface area contributed by atoms with E-state index in [0.717, 1.165) is 27.4 Å². The van der Waals surface area contributed by atoms with Crippen LogP contribution in [0.3, 0.4) is 0 Å². The van der Waals surface area contributed by atoms with Gasteiger partial charge < -0.3 is 10.3 Å². The SMILES string of the molecule is CC(C)c1ccc2c3c(C(N)=O)cccc3n(Cc3cccnc3)c2c1. The first kappa shape index (κ1) is 16.3. The zero-order valence-electron chi connectivity index (χ0n) is 14.9. The lowest BCUT2D eigenvalue weighted by molar-refractivity contribution is 0.100. The van der Waals surface area contributed by atoms with Crippen molar-refractivity contribution in [2.75, 3.05) is 0 Å². The first-order valence-electron chi connectivity index (χ1n) is 8.80. The normalized spacial score (nSPS) is 11.5. The smallest absolute Gasteiger partial charge is 0.249 e. The Balaban J connectivity index is 2.07. The number of pyridine rings is 1. The van der Waals surface area contributed by atoms with Crippen LogP contribution in [0.15, 0.2) is 60.9 Å². The minimum Gasteiger partial charge on any atom is -0.366 e. The summed E-state index contributed by atoms with van der Waals surface area (Å²) in [5.41, 5.74) is 10.7. The van der Waals surface area contributed by atoms with Crippen LogP contribution in [0.5, 0.6) is 0 Å². The molecule has 4 heteroatoms. The molecule has 0 fully saturated rings. The van der Waals surface area contributed by atoms with E-state index in [-0.39, 0.29) is 0 Å². The van der Waals surface area contributed by atoms with Crippen LogP contribution in [0, 0.1) is 0 Å². The number of hydrogen-bond acceptors (Lipinski definition) is 2. The molecular weight excluding hydrogens is 322 g/mol. The number of primary amides is 1. The number of nitrogens with zero attached hydrogens (tertiary/aromatic N) is 2. The van der Waals surface area contributed by atoms with Crippen molar-refractivity contribution in [3.05, 3.63) is 77.6 Å². The molecule has 1 amide bonds. The van der Waals surface area contributed by atoms with Crippen molar-refractivity contribution >= 4 is 27.7 Å². The van der Waals surface area contributed by atoms with Gasteiger partial charge in [-0.1, -0.05) is 38.1 Å². The van der Waals surface area contributed by atoms with Gasteiger partial charge in [-0.05, 0) is 41.3 Å². The molecule has 0 saturated carbocycles. The minimum absolute atomic E-state index is 0.399. The average Bonchev–Trinajstić information content (AvgIpc) is 2.96. The van der Waals surface area contributed by atoms with E-state index in [9.17, 15) is 4.79 Å². The molecule has 130 valence electrons. The number of hydrogen-bond donors (Lipinski definition) is 1. The van der Waals surface area contributed by atoms with Crippen molar-refractivity contribution in [1.82, 2.24) is 9.55 Å². The molecule has 0 aliphatic carbocycles. The Labute approximate surface area is 152 Å². The Bertz CT molecular complexity index is 1110. The summed E-state index contributed by atoms with van der Waals surface area (Å²) in [5.74, 6) is 0.0313. The summed E-state index contributed by atoms with van der Waals surface area (Å²) in [5, 5.41) is 1.98. The maximum atomic E-state index is 12.0. The Hall–Kier alpha value is -3.14. The molecule has 0 saturated heterocycles. The fourth-order valence-corrected chi connectivity index (χ4v) is 3.57. The molecule has 0 aliphatic heterocycles. The van der Waals surface area contributed by atoms with Crippen molar-refractivity contribution in [1.29, 1.82) is 0 Å². The van der Waals surface area contributed by atoms with Crippen LogP contribution >= 0.6 is 0 Å². The second-order valence-corrected chi connectivity index (χ2v) is 6.94. The maximum Gasteiger partial charge on any atom is 0.249 e. The van der Waals surface area contributed by atoms with E-state index in [1.54, 1.807) is 12.3 Å². The molecule has 0 unspecified atom stereocenters. The van der Waals surface area contributed by atoms with Crippen molar-refractivity contribution in [2.45, 2.75) is 26.3 Å². The molecule has 4 aromatic rings. The number of carbonyl (C=O) groups is 1. The van der Waals surface area contributed by atoms with Gasteiger partial charge in [-0.15, -0.1) is 0 Å². The van der Waals surface area contributed by atoms with Gasteiger partial charge in [0.2, 0.25) is 5.91 Å². The Morgan fingerprint density at radius 3 is 2.65 bits per heavy atom. The van der Waals surface area contributed by atoms with Gasteiger partial charge in [0.15, 0.2) is 0 Å². The monoisotopic (exact) mass is 343 g/mol. The van der Waals surface area contributed by atoms with Gasteiger partial charge in [-0.25, -0.2) is 0 Å². The van der Waals surface area contributed by atoms with Gasteiger partial charge >= 0.3 is 0 Å². The third-order valence-corrected chi connectivity index (χ3v) is 4.91. The standard InChI is InChI=1S/C22H21N3O/c1-14(2)16-8-9-17-20(11-16)25(13-15-5-4-10-24-12-15)19-7-3-6-18(21(17)19)22(23)26/h3-12,14H,13H2,1-2H3,(H2,23,26). The average molecular weight is 343 g/mol. The molecule has 2 aromatic heterocycles. The van der Waals surface area contributed by atoms with E-state index in [1.807, 2.05) is 24.4 Å². The molecule has 0 aliphatic rings. The molecule has 0 radical (unpaired) electrons. The Morgan fingerprint density at radius 2 is 1.96 bits per heavy atom. The van der Waals surface area contributed by atoms with Gasteiger partial charge in [0.05, 0.1) is 5.52 Å². The Kier molecular flexibility index (Phi) is 3.96. The van der Waals surface area contributed by atoms with Crippen LogP contribution in [0.1, 0.15) is 41.3 Å². The number of aromatic nitrogens is 2. The molecule has 0 spiro atoms. The maximum absolute atomic E-state index is 12.0. The van der Waals surface area contributed by atoms with Crippen LogP contribution in [0.4, 0.5) is 0 Å².